The maximum absolute atomic E-state index is 12.6. The van der Waals surface area contributed by atoms with Gasteiger partial charge in [0, 0.05) is 18.0 Å². The van der Waals surface area contributed by atoms with Crippen molar-refractivity contribution in [1.29, 1.82) is 0 Å². The van der Waals surface area contributed by atoms with E-state index in [-0.39, 0.29) is 5.91 Å². The molecule has 0 N–H and O–H groups in total. The number of ether oxygens (including phenoxy) is 2. The molecule has 1 aliphatic rings. The molecule has 0 unspecified atom stereocenters. The minimum absolute atomic E-state index is 0.201. The Labute approximate surface area is 131 Å². The first-order valence-corrected chi connectivity index (χ1v) is 8.57. The Morgan fingerprint density at radius 3 is 2.57 bits per heavy atom. The molecule has 0 atom stereocenters. The fourth-order valence-electron chi connectivity index (χ4n) is 3.12. The van der Waals surface area contributed by atoms with E-state index < -0.39 is 0 Å². The van der Waals surface area contributed by atoms with Gasteiger partial charge in [-0.1, -0.05) is 19.3 Å². The van der Waals surface area contributed by atoms with Gasteiger partial charge in [-0.05, 0) is 19.8 Å². The van der Waals surface area contributed by atoms with Gasteiger partial charge in [0.1, 0.15) is 0 Å². The van der Waals surface area contributed by atoms with Crippen molar-refractivity contribution in [3.63, 3.8) is 0 Å². The summed E-state index contributed by atoms with van der Waals surface area (Å²) < 4.78 is 10.6. The zero-order valence-electron chi connectivity index (χ0n) is 13.2. The van der Waals surface area contributed by atoms with Crippen molar-refractivity contribution in [1.82, 2.24) is 4.90 Å². The largest absolute Gasteiger partial charge is 0.492 e. The topological polar surface area (TPSA) is 38.8 Å². The van der Waals surface area contributed by atoms with Gasteiger partial charge < -0.3 is 14.4 Å². The standard InChI is InChI=1S/C16H25NO3S/c1-4-17(12-8-6-5-7-9-12)15(18)10-14-16(20-3)13(19-2)11-21-14/h11-12H,4-10H2,1-3H3. The number of carbonyl (C=O) groups is 1. The number of carbonyl (C=O) groups excluding carboxylic acids is 1. The first-order chi connectivity index (χ1) is 10.2. The fourth-order valence-corrected chi connectivity index (χ4v) is 4.07. The Balaban J connectivity index is 2.06. The van der Waals surface area contributed by atoms with E-state index in [9.17, 15) is 4.79 Å². The quantitative estimate of drug-likeness (QED) is 0.807. The number of hydrogen-bond donors (Lipinski definition) is 0. The molecule has 1 aliphatic carbocycles. The molecule has 0 aliphatic heterocycles. The summed E-state index contributed by atoms with van der Waals surface area (Å²) in [4.78, 5) is 15.6. The van der Waals surface area contributed by atoms with Crippen LogP contribution in [0.4, 0.5) is 0 Å². The van der Waals surface area contributed by atoms with Crippen molar-refractivity contribution in [2.45, 2.75) is 51.5 Å². The molecule has 21 heavy (non-hydrogen) atoms. The maximum Gasteiger partial charge on any atom is 0.228 e. The molecule has 1 fully saturated rings. The van der Waals surface area contributed by atoms with Crippen molar-refractivity contribution < 1.29 is 14.3 Å². The summed E-state index contributed by atoms with van der Waals surface area (Å²) in [5.41, 5.74) is 0. The summed E-state index contributed by atoms with van der Waals surface area (Å²) in [6.07, 6.45) is 6.48. The zero-order valence-corrected chi connectivity index (χ0v) is 14.0. The van der Waals surface area contributed by atoms with Crippen molar-refractivity contribution in [3.05, 3.63) is 10.3 Å². The third kappa shape index (κ3) is 3.70. The van der Waals surface area contributed by atoms with Crippen molar-refractivity contribution in [3.8, 4) is 11.5 Å². The van der Waals surface area contributed by atoms with E-state index in [0.717, 1.165) is 24.3 Å². The van der Waals surface area contributed by atoms with Crippen LogP contribution in [-0.4, -0.2) is 37.6 Å². The van der Waals surface area contributed by atoms with E-state index in [1.54, 1.807) is 14.2 Å². The lowest BCUT2D eigenvalue weighted by Crippen LogP contribution is -2.42. The minimum atomic E-state index is 0.201. The number of methoxy groups -OCH3 is 2. The van der Waals surface area contributed by atoms with E-state index in [2.05, 4.69) is 6.92 Å². The predicted octanol–water partition coefficient (Wildman–Crippen LogP) is 3.49. The Kier molecular flexibility index (Phi) is 5.91. The van der Waals surface area contributed by atoms with E-state index in [1.165, 1.54) is 30.6 Å². The van der Waals surface area contributed by atoms with Crippen LogP contribution in [0, 0.1) is 0 Å². The lowest BCUT2D eigenvalue weighted by molar-refractivity contribution is -0.133. The second-order valence-electron chi connectivity index (χ2n) is 5.41. The highest BCUT2D eigenvalue weighted by atomic mass is 32.1. The van der Waals surface area contributed by atoms with E-state index in [0.29, 0.717) is 24.0 Å². The summed E-state index contributed by atoms with van der Waals surface area (Å²) in [6.45, 7) is 2.85. The lowest BCUT2D eigenvalue weighted by Gasteiger charge is -2.33. The molecule has 0 spiro atoms. The van der Waals surface area contributed by atoms with E-state index >= 15 is 0 Å². The third-order valence-electron chi connectivity index (χ3n) is 4.20. The van der Waals surface area contributed by atoms with Gasteiger partial charge in [0.25, 0.3) is 0 Å². The number of thiophene rings is 1. The highest BCUT2D eigenvalue weighted by molar-refractivity contribution is 7.10. The second kappa shape index (κ2) is 7.69. The molecule has 118 valence electrons. The van der Waals surface area contributed by atoms with Crippen LogP contribution in [0.15, 0.2) is 5.38 Å². The molecule has 0 aromatic carbocycles. The molecule has 0 radical (unpaired) electrons. The molecule has 1 amide bonds. The third-order valence-corrected chi connectivity index (χ3v) is 5.14. The normalized spacial score (nSPS) is 15.8. The maximum atomic E-state index is 12.6. The average molecular weight is 311 g/mol. The van der Waals surface area contributed by atoms with Crippen LogP contribution in [0.3, 0.4) is 0 Å². The van der Waals surface area contributed by atoms with Crippen LogP contribution < -0.4 is 9.47 Å². The summed E-state index contributed by atoms with van der Waals surface area (Å²) in [5, 5.41) is 1.90. The Bertz CT molecular complexity index is 466. The first-order valence-electron chi connectivity index (χ1n) is 7.69. The molecular weight excluding hydrogens is 286 g/mol. The molecule has 1 aromatic heterocycles. The highest BCUT2D eigenvalue weighted by Gasteiger charge is 2.26. The average Bonchev–Trinajstić information content (AvgIpc) is 2.90. The summed E-state index contributed by atoms with van der Waals surface area (Å²) in [7, 11) is 3.24. The van der Waals surface area contributed by atoms with Gasteiger partial charge in [0.15, 0.2) is 11.5 Å². The molecule has 1 saturated carbocycles. The molecule has 1 aromatic rings. The van der Waals surface area contributed by atoms with Crippen LogP contribution in [-0.2, 0) is 11.2 Å². The van der Waals surface area contributed by atoms with Crippen LogP contribution in [0.25, 0.3) is 0 Å². The van der Waals surface area contributed by atoms with E-state index in [4.69, 9.17) is 9.47 Å². The molecule has 2 rings (SSSR count). The Morgan fingerprint density at radius 1 is 1.29 bits per heavy atom. The van der Waals surface area contributed by atoms with E-state index in [1.807, 2.05) is 10.3 Å². The van der Waals surface area contributed by atoms with Crippen LogP contribution >= 0.6 is 11.3 Å². The monoisotopic (exact) mass is 311 g/mol. The number of hydrogen-bond acceptors (Lipinski definition) is 4. The van der Waals surface area contributed by atoms with Gasteiger partial charge >= 0.3 is 0 Å². The number of rotatable bonds is 6. The van der Waals surface area contributed by atoms with Crippen molar-refractivity contribution in [2.24, 2.45) is 0 Å². The molecule has 0 saturated heterocycles. The SMILES string of the molecule is CCN(C(=O)Cc1scc(OC)c1OC)C1CCCCC1. The zero-order chi connectivity index (χ0) is 15.2. The summed E-state index contributed by atoms with van der Waals surface area (Å²) >= 11 is 1.53. The van der Waals surface area contributed by atoms with Gasteiger partial charge in [-0.25, -0.2) is 0 Å². The first kappa shape index (κ1) is 16.1. The molecule has 1 heterocycles. The smallest absolute Gasteiger partial charge is 0.228 e. The van der Waals surface area contributed by atoms with Gasteiger partial charge in [0.2, 0.25) is 5.91 Å². The predicted molar refractivity (Wildman–Crippen MR) is 85.4 cm³/mol. The number of amides is 1. The number of nitrogens with zero attached hydrogens (tertiary/aromatic N) is 1. The van der Waals surface area contributed by atoms with Crippen LogP contribution in [0.2, 0.25) is 0 Å². The van der Waals surface area contributed by atoms with Crippen LogP contribution in [0.5, 0.6) is 11.5 Å². The van der Waals surface area contributed by atoms with Gasteiger partial charge in [0.05, 0.1) is 25.5 Å². The molecule has 5 heteroatoms. The number of likely N-dealkylation sites (N-methyl/N-ethyl adjacent to an activating group) is 1. The Morgan fingerprint density at radius 2 is 2.00 bits per heavy atom. The summed E-state index contributed by atoms with van der Waals surface area (Å²) in [6, 6.07) is 0.420. The lowest BCUT2D eigenvalue weighted by atomic mass is 9.94. The highest BCUT2D eigenvalue weighted by Crippen LogP contribution is 2.37. The fraction of sp³-hybridized carbons (Fsp3) is 0.688. The van der Waals surface area contributed by atoms with Crippen LogP contribution in [0.1, 0.15) is 43.9 Å². The minimum Gasteiger partial charge on any atom is -0.492 e. The molecular formula is C16H25NO3S. The Hall–Kier alpha value is -1.23. The summed E-state index contributed by atoms with van der Waals surface area (Å²) in [5.74, 6) is 1.62. The second-order valence-corrected chi connectivity index (χ2v) is 6.37. The van der Waals surface area contributed by atoms with Gasteiger partial charge in [-0.15, -0.1) is 11.3 Å². The van der Waals surface area contributed by atoms with Gasteiger partial charge in [-0.3, -0.25) is 4.79 Å². The van der Waals surface area contributed by atoms with Crippen molar-refractivity contribution >= 4 is 17.2 Å². The molecule has 0 bridgehead atoms. The van der Waals surface area contributed by atoms with Crippen molar-refractivity contribution in [2.75, 3.05) is 20.8 Å². The van der Waals surface area contributed by atoms with Gasteiger partial charge in [-0.2, -0.15) is 0 Å². The molecule has 4 nitrogen and oxygen atoms in total.